The molecule has 22 heavy (non-hydrogen) atoms. The lowest BCUT2D eigenvalue weighted by atomic mass is 9.98. The van der Waals surface area contributed by atoms with Crippen LogP contribution in [0.5, 0.6) is 0 Å². The lowest BCUT2D eigenvalue weighted by Gasteiger charge is -2.30. The summed E-state index contributed by atoms with van der Waals surface area (Å²) in [6.07, 6.45) is 1.71. The molecular weight excluding hydrogens is 304 g/mol. The first-order valence-electron chi connectivity index (χ1n) is 7.53. The maximum absolute atomic E-state index is 12.1. The normalized spacial score (nSPS) is 18.7. The van der Waals surface area contributed by atoms with Crippen LogP contribution in [0.4, 0.5) is 5.69 Å². The molecule has 1 N–H and O–H groups in total. The second-order valence-corrected chi connectivity index (χ2v) is 5.76. The molecule has 0 bridgehead atoms. The fraction of sp³-hybridized carbons (Fsp3) is 0.500. The van der Waals surface area contributed by atoms with Gasteiger partial charge in [-0.1, -0.05) is 23.7 Å². The lowest BCUT2D eigenvalue weighted by molar-refractivity contribution is -0.150. The standard InChI is InChI=1S/C16H21ClN2O3/c1-2-22-16(21)12-6-5-9-19(10-12)11-15(20)18-14-8-4-3-7-13(14)17/h3-4,7-8,12H,2,5-6,9-11H2,1H3,(H,18,20)/t12-/m1/s1. The van der Waals surface area contributed by atoms with Crippen molar-refractivity contribution in [1.82, 2.24) is 4.90 Å². The molecule has 2 rings (SSSR count). The number of hydrogen-bond acceptors (Lipinski definition) is 4. The third-order valence-electron chi connectivity index (χ3n) is 3.64. The highest BCUT2D eigenvalue weighted by Crippen LogP contribution is 2.21. The molecular formula is C16H21ClN2O3. The van der Waals surface area contributed by atoms with Crippen molar-refractivity contribution in [3.05, 3.63) is 29.3 Å². The van der Waals surface area contributed by atoms with Crippen molar-refractivity contribution in [3.63, 3.8) is 0 Å². The second-order valence-electron chi connectivity index (χ2n) is 5.35. The maximum Gasteiger partial charge on any atom is 0.310 e. The van der Waals surface area contributed by atoms with Crippen molar-refractivity contribution < 1.29 is 14.3 Å². The van der Waals surface area contributed by atoms with E-state index in [9.17, 15) is 9.59 Å². The average Bonchev–Trinajstić information content (AvgIpc) is 2.50. The number of anilines is 1. The Balaban J connectivity index is 1.86. The molecule has 1 amide bonds. The zero-order valence-corrected chi connectivity index (χ0v) is 13.4. The van der Waals surface area contributed by atoms with Crippen LogP contribution in [-0.2, 0) is 14.3 Å². The van der Waals surface area contributed by atoms with E-state index in [0.29, 0.717) is 23.9 Å². The van der Waals surface area contributed by atoms with Gasteiger partial charge in [0.25, 0.3) is 0 Å². The Kier molecular flexibility index (Phi) is 6.21. The summed E-state index contributed by atoms with van der Waals surface area (Å²) in [5, 5.41) is 3.31. The highest BCUT2D eigenvalue weighted by Gasteiger charge is 2.27. The fourth-order valence-electron chi connectivity index (χ4n) is 2.61. The molecule has 6 heteroatoms. The zero-order chi connectivity index (χ0) is 15.9. The zero-order valence-electron chi connectivity index (χ0n) is 12.7. The SMILES string of the molecule is CCOC(=O)[C@@H]1CCCN(CC(=O)Nc2ccccc2Cl)C1. The van der Waals surface area contributed by atoms with Gasteiger partial charge >= 0.3 is 5.97 Å². The smallest absolute Gasteiger partial charge is 0.310 e. The molecule has 1 fully saturated rings. The number of rotatable bonds is 5. The first kappa shape index (κ1) is 16.8. The highest BCUT2D eigenvalue weighted by molar-refractivity contribution is 6.33. The van der Waals surface area contributed by atoms with Gasteiger partial charge in [0.15, 0.2) is 0 Å². The van der Waals surface area contributed by atoms with E-state index in [2.05, 4.69) is 5.32 Å². The first-order valence-corrected chi connectivity index (χ1v) is 7.91. The van der Waals surface area contributed by atoms with Crippen LogP contribution in [0.25, 0.3) is 0 Å². The fourth-order valence-corrected chi connectivity index (χ4v) is 2.79. The van der Waals surface area contributed by atoms with Gasteiger partial charge in [0.1, 0.15) is 0 Å². The van der Waals surface area contributed by atoms with E-state index < -0.39 is 0 Å². The molecule has 5 nitrogen and oxygen atoms in total. The monoisotopic (exact) mass is 324 g/mol. The number of para-hydroxylation sites is 1. The van der Waals surface area contributed by atoms with Gasteiger partial charge in [-0.2, -0.15) is 0 Å². The van der Waals surface area contributed by atoms with Crippen LogP contribution in [0.15, 0.2) is 24.3 Å². The summed E-state index contributed by atoms with van der Waals surface area (Å²) in [7, 11) is 0. The number of ether oxygens (including phenoxy) is 1. The van der Waals surface area contributed by atoms with Crippen molar-refractivity contribution in [2.24, 2.45) is 5.92 Å². The van der Waals surface area contributed by atoms with Gasteiger partial charge in [-0.25, -0.2) is 0 Å². The molecule has 1 aromatic carbocycles. The summed E-state index contributed by atoms with van der Waals surface area (Å²) in [5.74, 6) is -0.432. The van der Waals surface area contributed by atoms with Crippen LogP contribution in [0.3, 0.4) is 0 Å². The summed E-state index contributed by atoms with van der Waals surface area (Å²) in [6, 6.07) is 7.12. The van der Waals surface area contributed by atoms with E-state index in [4.69, 9.17) is 16.3 Å². The van der Waals surface area contributed by atoms with Crippen molar-refractivity contribution >= 4 is 29.2 Å². The topological polar surface area (TPSA) is 58.6 Å². The number of carbonyl (C=O) groups excluding carboxylic acids is 2. The molecule has 1 saturated heterocycles. The van der Waals surface area contributed by atoms with Gasteiger partial charge in [0, 0.05) is 6.54 Å². The van der Waals surface area contributed by atoms with Gasteiger partial charge in [0.05, 0.1) is 29.8 Å². The quantitative estimate of drug-likeness (QED) is 0.846. The molecule has 0 radical (unpaired) electrons. The van der Waals surface area contributed by atoms with E-state index >= 15 is 0 Å². The minimum Gasteiger partial charge on any atom is -0.466 e. The van der Waals surface area contributed by atoms with E-state index in [1.807, 2.05) is 17.0 Å². The molecule has 0 aromatic heterocycles. The first-order chi connectivity index (χ1) is 10.6. The molecule has 1 atom stereocenters. The lowest BCUT2D eigenvalue weighted by Crippen LogP contribution is -2.43. The third-order valence-corrected chi connectivity index (χ3v) is 3.97. The van der Waals surface area contributed by atoms with Crippen LogP contribution in [0, 0.1) is 5.92 Å². The number of hydrogen-bond donors (Lipinski definition) is 1. The van der Waals surface area contributed by atoms with Crippen LogP contribution in [0.1, 0.15) is 19.8 Å². The van der Waals surface area contributed by atoms with E-state index in [0.717, 1.165) is 19.4 Å². The molecule has 0 aliphatic carbocycles. The molecule has 1 aliphatic heterocycles. The number of carbonyl (C=O) groups is 2. The number of esters is 1. The van der Waals surface area contributed by atoms with Gasteiger partial charge in [-0.05, 0) is 38.4 Å². The third kappa shape index (κ3) is 4.71. The van der Waals surface area contributed by atoms with Gasteiger partial charge in [-0.3, -0.25) is 14.5 Å². The van der Waals surface area contributed by atoms with Gasteiger partial charge < -0.3 is 10.1 Å². The van der Waals surface area contributed by atoms with Crippen molar-refractivity contribution in [1.29, 1.82) is 0 Å². The summed E-state index contributed by atoms with van der Waals surface area (Å²) in [4.78, 5) is 25.9. The second kappa shape index (κ2) is 8.15. The van der Waals surface area contributed by atoms with E-state index in [1.165, 1.54) is 0 Å². The van der Waals surface area contributed by atoms with Crippen molar-refractivity contribution in [2.45, 2.75) is 19.8 Å². The number of amides is 1. The average molecular weight is 325 g/mol. The summed E-state index contributed by atoms with van der Waals surface area (Å²) in [5.41, 5.74) is 0.605. The van der Waals surface area contributed by atoms with Crippen LogP contribution >= 0.6 is 11.6 Å². The van der Waals surface area contributed by atoms with Gasteiger partial charge in [0.2, 0.25) is 5.91 Å². The van der Waals surface area contributed by atoms with E-state index in [1.54, 1.807) is 19.1 Å². The minimum absolute atomic E-state index is 0.127. The summed E-state index contributed by atoms with van der Waals surface area (Å²) < 4.78 is 5.06. The number of likely N-dealkylation sites (tertiary alicyclic amines) is 1. The Morgan fingerprint density at radius 1 is 1.41 bits per heavy atom. The molecule has 1 aromatic rings. The molecule has 0 spiro atoms. The highest BCUT2D eigenvalue weighted by atomic mass is 35.5. The van der Waals surface area contributed by atoms with Crippen molar-refractivity contribution in [3.8, 4) is 0 Å². The number of halogens is 1. The molecule has 0 saturated carbocycles. The Morgan fingerprint density at radius 3 is 2.91 bits per heavy atom. The molecule has 0 unspecified atom stereocenters. The van der Waals surface area contributed by atoms with E-state index in [-0.39, 0.29) is 24.3 Å². The summed E-state index contributed by atoms with van der Waals surface area (Å²) >= 11 is 6.02. The maximum atomic E-state index is 12.1. The van der Waals surface area contributed by atoms with Crippen LogP contribution in [-0.4, -0.2) is 43.0 Å². The summed E-state index contributed by atoms with van der Waals surface area (Å²) in [6.45, 7) is 3.82. The van der Waals surface area contributed by atoms with Crippen LogP contribution < -0.4 is 5.32 Å². The Morgan fingerprint density at radius 2 is 2.18 bits per heavy atom. The van der Waals surface area contributed by atoms with Crippen molar-refractivity contribution in [2.75, 3.05) is 31.6 Å². The number of nitrogens with one attached hydrogen (secondary N) is 1. The molecule has 1 aliphatic rings. The Labute approximate surface area is 135 Å². The van der Waals surface area contributed by atoms with Crippen LogP contribution in [0.2, 0.25) is 5.02 Å². The van der Waals surface area contributed by atoms with Gasteiger partial charge in [-0.15, -0.1) is 0 Å². The Hall–Kier alpha value is -1.59. The molecule has 1 heterocycles. The number of benzene rings is 1. The molecule has 120 valence electrons. The predicted molar refractivity (Wildman–Crippen MR) is 85.9 cm³/mol. The Bertz CT molecular complexity index is 536. The largest absolute Gasteiger partial charge is 0.466 e. The number of piperidine rings is 1. The predicted octanol–water partition coefficient (Wildman–Crippen LogP) is 2.55. The minimum atomic E-state index is -0.168. The number of nitrogens with zero attached hydrogens (tertiary/aromatic N) is 1.